The minimum Gasteiger partial charge on any atom is -0.460 e. The monoisotopic (exact) mass is 301 g/mol. The van der Waals surface area contributed by atoms with Gasteiger partial charge in [0, 0.05) is 0 Å². The van der Waals surface area contributed by atoms with Gasteiger partial charge in [0.15, 0.2) is 6.10 Å². The zero-order chi connectivity index (χ0) is 10.4. The van der Waals surface area contributed by atoms with Gasteiger partial charge in [-0.2, -0.15) is 0 Å². The highest BCUT2D eigenvalue weighted by molar-refractivity contribution is 14.1. The van der Waals surface area contributed by atoms with Crippen LogP contribution in [0.1, 0.15) is 20.8 Å². The molecule has 0 unspecified atom stereocenters. The van der Waals surface area contributed by atoms with E-state index < -0.39 is 18.2 Å². The van der Waals surface area contributed by atoms with E-state index in [1.165, 1.54) is 6.92 Å². The van der Waals surface area contributed by atoms with E-state index in [1.807, 2.05) is 0 Å². The SMILES string of the molecule is CC(C)OC(=O)[C@H](C)OC(=O)NI. The first-order valence-corrected chi connectivity index (χ1v) is 4.83. The molecular formula is C7H12INO4. The van der Waals surface area contributed by atoms with Gasteiger partial charge in [0.2, 0.25) is 0 Å². The molecule has 6 heteroatoms. The Balaban J connectivity index is 3.89. The van der Waals surface area contributed by atoms with Crippen LogP contribution in [-0.4, -0.2) is 24.3 Å². The standard InChI is InChI=1S/C7H12INO4/c1-4(2)12-6(10)5(3)13-7(11)9-8/h4-5H,1-3H3,(H,9,11)/t5-/m0/s1. The van der Waals surface area contributed by atoms with Gasteiger partial charge in [-0.05, 0) is 20.8 Å². The van der Waals surface area contributed by atoms with Gasteiger partial charge in [0.25, 0.3) is 0 Å². The van der Waals surface area contributed by atoms with Crippen molar-refractivity contribution in [2.75, 3.05) is 0 Å². The number of carbonyl (C=O) groups excluding carboxylic acids is 2. The lowest BCUT2D eigenvalue weighted by Crippen LogP contribution is -2.30. The van der Waals surface area contributed by atoms with E-state index >= 15 is 0 Å². The summed E-state index contributed by atoms with van der Waals surface area (Å²) in [6, 6.07) is 0. The van der Waals surface area contributed by atoms with Crippen LogP contribution in [0.3, 0.4) is 0 Å². The molecule has 0 aromatic rings. The van der Waals surface area contributed by atoms with Crippen molar-refractivity contribution in [3.8, 4) is 0 Å². The van der Waals surface area contributed by atoms with Gasteiger partial charge < -0.3 is 9.47 Å². The Labute approximate surface area is 90.6 Å². The van der Waals surface area contributed by atoms with Gasteiger partial charge in [0.05, 0.1) is 29.0 Å². The van der Waals surface area contributed by atoms with E-state index in [0.717, 1.165) is 0 Å². The van der Waals surface area contributed by atoms with Crippen LogP contribution in [-0.2, 0) is 14.3 Å². The molecule has 0 bridgehead atoms. The molecule has 1 atom stereocenters. The van der Waals surface area contributed by atoms with E-state index in [4.69, 9.17) is 4.74 Å². The fourth-order valence-electron chi connectivity index (χ4n) is 0.559. The summed E-state index contributed by atoms with van der Waals surface area (Å²) in [5.41, 5.74) is 0. The Morgan fingerprint density at radius 1 is 1.23 bits per heavy atom. The molecule has 0 rings (SSSR count). The molecule has 0 aromatic carbocycles. The van der Waals surface area contributed by atoms with Crippen LogP contribution in [0.2, 0.25) is 0 Å². The first-order valence-electron chi connectivity index (χ1n) is 3.75. The van der Waals surface area contributed by atoms with Crippen molar-refractivity contribution in [2.24, 2.45) is 0 Å². The van der Waals surface area contributed by atoms with Crippen molar-refractivity contribution < 1.29 is 19.1 Å². The maximum Gasteiger partial charge on any atom is 0.416 e. The number of hydrogen-bond donors (Lipinski definition) is 1. The van der Waals surface area contributed by atoms with Gasteiger partial charge in [-0.15, -0.1) is 0 Å². The summed E-state index contributed by atoms with van der Waals surface area (Å²) in [6.45, 7) is 4.91. The molecule has 0 aromatic heterocycles. The second kappa shape index (κ2) is 6.01. The summed E-state index contributed by atoms with van der Waals surface area (Å²) in [5, 5.41) is 0. The minimum atomic E-state index is -0.878. The molecule has 0 aliphatic rings. The molecule has 76 valence electrons. The average Bonchev–Trinajstić information content (AvgIpc) is 2.02. The van der Waals surface area contributed by atoms with Crippen LogP contribution in [0.15, 0.2) is 0 Å². The topological polar surface area (TPSA) is 64.6 Å². The maximum atomic E-state index is 11.1. The van der Waals surface area contributed by atoms with Crippen LogP contribution in [0, 0.1) is 0 Å². The highest BCUT2D eigenvalue weighted by atomic mass is 127. The summed E-state index contributed by atoms with van der Waals surface area (Å²) in [6.07, 6.45) is -1.74. The van der Waals surface area contributed by atoms with Crippen molar-refractivity contribution in [1.82, 2.24) is 3.53 Å². The number of ether oxygens (including phenoxy) is 2. The highest BCUT2D eigenvalue weighted by Crippen LogP contribution is 1.99. The number of nitrogens with one attached hydrogen (secondary N) is 1. The third-order valence-electron chi connectivity index (χ3n) is 1.04. The molecular weight excluding hydrogens is 289 g/mol. The van der Waals surface area contributed by atoms with Crippen molar-refractivity contribution >= 4 is 34.9 Å². The fourth-order valence-corrected chi connectivity index (χ4v) is 0.686. The van der Waals surface area contributed by atoms with Gasteiger partial charge in [-0.1, -0.05) is 0 Å². The molecule has 0 heterocycles. The third-order valence-corrected chi connectivity index (χ3v) is 1.49. The van der Waals surface area contributed by atoms with E-state index in [0.29, 0.717) is 0 Å². The van der Waals surface area contributed by atoms with Gasteiger partial charge in [0.1, 0.15) is 0 Å². The van der Waals surface area contributed by atoms with Gasteiger partial charge in [-0.25, -0.2) is 9.59 Å². The summed E-state index contributed by atoms with van der Waals surface area (Å²) >= 11 is 1.62. The first-order chi connectivity index (χ1) is 5.97. The Hall–Kier alpha value is -0.530. The predicted molar refractivity (Wildman–Crippen MR) is 54.3 cm³/mol. The number of rotatable bonds is 3. The Morgan fingerprint density at radius 2 is 1.77 bits per heavy atom. The number of halogens is 1. The van der Waals surface area contributed by atoms with Crippen LogP contribution in [0.5, 0.6) is 0 Å². The minimum absolute atomic E-state index is 0.207. The highest BCUT2D eigenvalue weighted by Gasteiger charge is 2.19. The molecule has 5 nitrogen and oxygen atoms in total. The zero-order valence-electron chi connectivity index (χ0n) is 7.67. The van der Waals surface area contributed by atoms with Crippen LogP contribution >= 0.6 is 22.9 Å². The molecule has 0 aliphatic carbocycles. The fraction of sp³-hybridized carbons (Fsp3) is 0.714. The molecule has 1 amide bonds. The smallest absolute Gasteiger partial charge is 0.416 e. The second-order valence-corrected chi connectivity index (χ2v) is 3.17. The molecule has 0 saturated carbocycles. The molecule has 0 saturated heterocycles. The number of esters is 1. The van der Waals surface area contributed by atoms with E-state index in [1.54, 1.807) is 36.7 Å². The predicted octanol–water partition coefficient (Wildman–Crippen LogP) is 1.40. The Bertz CT molecular complexity index is 195. The molecule has 0 aliphatic heterocycles. The third kappa shape index (κ3) is 5.67. The quantitative estimate of drug-likeness (QED) is 0.486. The summed E-state index contributed by atoms with van der Waals surface area (Å²) in [7, 11) is 0. The lowest BCUT2D eigenvalue weighted by molar-refractivity contribution is -0.156. The largest absolute Gasteiger partial charge is 0.460 e. The number of amides is 1. The second-order valence-electron chi connectivity index (χ2n) is 2.63. The molecule has 13 heavy (non-hydrogen) atoms. The maximum absolute atomic E-state index is 11.1. The van der Waals surface area contributed by atoms with Crippen LogP contribution < -0.4 is 3.53 Å². The van der Waals surface area contributed by atoms with Crippen molar-refractivity contribution in [2.45, 2.75) is 33.0 Å². The van der Waals surface area contributed by atoms with Crippen molar-refractivity contribution in [3.63, 3.8) is 0 Å². The Morgan fingerprint density at radius 3 is 2.15 bits per heavy atom. The molecule has 0 fully saturated rings. The molecule has 0 radical (unpaired) electrons. The molecule has 0 spiro atoms. The average molecular weight is 301 g/mol. The number of carbonyl (C=O) groups is 2. The summed E-state index contributed by atoms with van der Waals surface area (Å²) < 4.78 is 11.6. The van der Waals surface area contributed by atoms with E-state index in [-0.39, 0.29) is 6.10 Å². The summed E-state index contributed by atoms with van der Waals surface area (Å²) in [5.74, 6) is -0.546. The number of hydrogen-bond acceptors (Lipinski definition) is 4. The summed E-state index contributed by atoms with van der Waals surface area (Å²) in [4.78, 5) is 21.7. The lowest BCUT2D eigenvalue weighted by atomic mass is 10.4. The first kappa shape index (κ1) is 12.5. The van der Waals surface area contributed by atoms with E-state index in [9.17, 15) is 9.59 Å². The normalized spacial score (nSPS) is 12.1. The van der Waals surface area contributed by atoms with Crippen molar-refractivity contribution in [1.29, 1.82) is 0 Å². The molecule has 1 N–H and O–H groups in total. The van der Waals surface area contributed by atoms with Crippen LogP contribution in [0.25, 0.3) is 0 Å². The Kier molecular flexibility index (Phi) is 5.76. The van der Waals surface area contributed by atoms with Gasteiger partial charge >= 0.3 is 12.1 Å². The van der Waals surface area contributed by atoms with Crippen LogP contribution in [0.4, 0.5) is 4.79 Å². The van der Waals surface area contributed by atoms with Crippen molar-refractivity contribution in [3.05, 3.63) is 0 Å². The zero-order valence-corrected chi connectivity index (χ0v) is 9.82. The van der Waals surface area contributed by atoms with E-state index in [2.05, 4.69) is 8.27 Å². The van der Waals surface area contributed by atoms with Gasteiger partial charge in [-0.3, -0.25) is 3.53 Å². The lowest BCUT2D eigenvalue weighted by Gasteiger charge is -2.13.